The lowest BCUT2D eigenvalue weighted by molar-refractivity contribution is 0.186. The van der Waals surface area contributed by atoms with Gasteiger partial charge in [-0.3, -0.25) is 10.3 Å². The van der Waals surface area contributed by atoms with Crippen LogP contribution >= 0.6 is 0 Å². The van der Waals surface area contributed by atoms with Crippen molar-refractivity contribution in [3.05, 3.63) is 35.4 Å². The number of nitrogens with zero attached hydrogens (tertiary/aromatic N) is 1. The van der Waals surface area contributed by atoms with Crippen LogP contribution in [0.4, 0.5) is 0 Å². The second-order valence-corrected chi connectivity index (χ2v) is 5.45. The summed E-state index contributed by atoms with van der Waals surface area (Å²) in [6.07, 6.45) is 6.50. The summed E-state index contributed by atoms with van der Waals surface area (Å²) in [5.41, 5.74) is 7.76. The summed E-state index contributed by atoms with van der Waals surface area (Å²) in [7, 11) is 0. The topological polar surface area (TPSA) is 53.1 Å². The number of nitrogens with one attached hydrogen (secondary N) is 1. The Morgan fingerprint density at radius 3 is 2.84 bits per heavy atom. The van der Waals surface area contributed by atoms with Gasteiger partial charge in [-0.25, -0.2) is 0 Å². The Morgan fingerprint density at radius 2 is 2.11 bits per heavy atom. The number of likely N-dealkylation sites (tertiary alicyclic amines) is 1. The SMILES string of the molecule is CCC1CCCCCN1Cc1ccccc1C(=N)N. The van der Waals surface area contributed by atoms with Crippen molar-refractivity contribution in [1.82, 2.24) is 4.90 Å². The number of hydrogen-bond acceptors (Lipinski definition) is 2. The predicted molar refractivity (Wildman–Crippen MR) is 80.4 cm³/mol. The highest BCUT2D eigenvalue weighted by Crippen LogP contribution is 2.22. The van der Waals surface area contributed by atoms with Gasteiger partial charge in [0, 0.05) is 18.2 Å². The first-order valence-electron chi connectivity index (χ1n) is 7.38. The maximum Gasteiger partial charge on any atom is 0.123 e. The number of rotatable bonds is 4. The smallest absolute Gasteiger partial charge is 0.123 e. The first-order valence-corrected chi connectivity index (χ1v) is 7.38. The van der Waals surface area contributed by atoms with Crippen molar-refractivity contribution >= 4 is 5.84 Å². The molecular formula is C16H25N3. The minimum absolute atomic E-state index is 0.179. The lowest BCUT2D eigenvalue weighted by atomic mass is 10.0. The zero-order valence-electron chi connectivity index (χ0n) is 11.9. The van der Waals surface area contributed by atoms with Gasteiger partial charge in [-0.15, -0.1) is 0 Å². The van der Waals surface area contributed by atoms with E-state index in [9.17, 15) is 0 Å². The van der Waals surface area contributed by atoms with Gasteiger partial charge in [-0.2, -0.15) is 0 Å². The van der Waals surface area contributed by atoms with Crippen LogP contribution < -0.4 is 5.73 Å². The first-order chi connectivity index (χ1) is 9.22. The molecule has 0 radical (unpaired) electrons. The average molecular weight is 259 g/mol. The number of nitrogens with two attached hydrogens (primary N) is 1. The summed E-state index contributed by atoms with van der Waals surface area (Å²) in [5.74, 6) is 0.179. The molecule has 0 aromatic heterocycles. The molecule has 1 atom stereocenters. The van der Waals surface area contributed by atoms with E-state index in [2.05, 4.69) is 17.9 Å². The van der Waals surface area contributed by atoms with E-state index in [-0.39, 0.29) is 5.84 Å². The lowest BCUT2D eigenvalue weighted by Gasteiger charge is -2.29. The molecule has 104 valence electrons. The highest BCUT2D eigenvalue weighted by atomic mass is 15.2. The quantitative estimate of drug-likeness (QED) is 0.645. The number of nitrogen functional groups attached to an aromatic ring is 1. The van der Waals surface area contributed by atoms with Crippen LogP contribution in [0.2, 0.25) is 0 Å². The summed E-state index contributed by atoms with van der Waals surface area (Å²) in [6.45, 7) is 4.37. The largest absolute Gasteiger partial charge is 0.384 e. The molecule has 3 nitrogen and oxygen atoms in total. The van der Waals surface area contributed by atoms with Crippen molar-refractivity contribution < 1.29 is 0 Å². The number of amidine groups is 1. The van der Waals surface area contributed by atoms with E-state index in [0.29, 0.717) is 6.04 Å². The van der Waals surface area contributed by atoms with Gasteiger partial charge in [0.2, 0.25) is 0 Å². The van der Waals surface area contributed by atoms with Crippen LogP contribution in [0.1, 0.15) is 50.2 Å². The fourth-order valence-electron chi connectivity index (χ4n) is 3.05. The Labute approximate surface area is 116 Å². The van der Waals surface area contributed by atoms with Crippen LogP contribution in [0, 0.1) is 5.41 Å². The van der Waals surface area contributed by atoms with E-state index in [1.807, 2.05) is 18.2 Å². The molecule has 0 spiro atoms. The standard InChI is InChI=1S/C16H25N3/c1-2-14-9-4-3-7-11-19(14)12-13-8-5-6-10-15(13)16(17)18/h5-6,8,10,14H,2-4,7,9,11-12H2,1H3,(H3,17,18). The van der Waals surface area contributed by atoms with Crippen LogP contribution in [0.3, 0.4) is 0 Å². The lowest BCUT2D eigenvalue weighted by Crippen LogP contribution is -2.34. The summed E-state index contributed by atoms with van der Waals surface area (Å²) in [4.78, 5) is 2.58. The maximum atomic E-state index is 7.69. The Hall–Kier alpha value is -1.35. The van der Waals surface area contributed by atoms with Gasteiger partial charge in [0.25, 0.3) is 0 Å². The fourth-order valence-corrected chi connectivity index (χ4v) is 3.05. The molecule has 0 bridgehead atoms. The molecule has 3 heteroatoms. The van der Waals surface area contributed by atoms with Gasteiger partial charge >= 0.3 is 0 Å². The van der Waals surface area contributed by atoms with E-state index >= 15 is 0 Å². The molecule has 1 aliphatic rings. The Bertz CT molecular complexity index is 428. The molecular weight excluding hydrogens is 234 g/mol. The van der Waals surface area contributed by atoms with Crippen molar-refractivity contribution in [2.45, 2.75) is 51.6 Å². The third kappa shape index (κ3) is 3.57. The highest BCUT2D eigenvalue weighted by Gasteiger charge is 2.20. The molecule has 3 N–H and O–H groups in total. The molecule has 1 aromatic carbocycles. The van der Waals surface area contributed by atoms with Gasteiger partial charge in [0.1, 0.15) is 5.84 Å². The Morgan fingerprint density at radius 1 is 1.32 bits per heavy atom. The molecule has 1 aromatic rings. The van der Waals surface area contributed by atoms with E-state index in [4.69, 9.17) is 11.1 Å². The second kappa shape index (κ2) is 6.71. The van der Waals surface area contributed by atoms with Crippen LogP contribution in [0.15, 0.2) is 24.3 Å². The Balaban J connectivity index is 2.16. The summed E-state index contributed by atoms with van der Waals surface area (Å²) in [5, 5.41) is 7.69. The third-order valence-corrected chi connectivity index (χ3v) is 4.15. The molecule has 1 aliphatic heterocycles. The molecule has 19 heavy (non-hydrogen) atoms. The van der Waals surface area contributed by atoms with Crippen molar-refractivity contribution in [1.29, 1.82) is 5.41 Å². The summed E-state index contributed by atoms with van der Waals surface area (Å²) >= 11 is 0. The summed E-state index contributed by atoms with van der Waals surface area (Å²) < 4.78 is 0. The average Bonchev–Trinajstić information content (AvgIpc) is 2.64. The van der Waals surface area contributed by atoms with Crippen molar-refractivity contribution in [2.24, 2.45) is 5.73 Å². The normalized spacial score (nSPS) is 21.0. The van der Waals surface area contributed by atoms with Gasteiger partial charge in [0.15, 0.2) is 0 Å². The van der Waals surface area contributed by atoms with Crippen molar-refractivity contribution in [2.75, 3.05) is 6.54 Å². The van der Waals surface area contributed by atoms with Crippen LogP contribution in [0.25, 0.3) is 0 Å². The first kappa shape index (κ1) is 14.1. The van der Waals surface area contributed by atoms with E-state index in [1.54, 1.807) is 0 Å². The van der Waals surface area contributed by atoms with E-state index in [1.165, 1.54) is 44.2 Å². The van der Waals surface area contributed by atoms with Gasteiger partial charge in [0.05, 0.1) is 0 Å². The molecule has 2 rings (SSSR count). The van der Waals surface area contributed by atoms with E-state index in [0.717, 1.165) is 12.1 Å². The molecule has 0 aliphatic carbocycles. The monoisotopic (exact) mass is 259 g/mol. The molecule has 1 heterocycles. The van der Waals surface area contributed by atoms with Gasteiger partial charge < -0.3 is 5.73 Å². The fraction of sp³-hybridized carbons (Fsp3) is 0.562. The zero-order chi connectivity index (χ0) is 13.7. The highest BCUT2D eigenvalue weighted by molar-refractivity contribution is 5.96. The minimum atomic E-state index is 0.179. The van der Waals surface area contributed by atoms with Crippen LogP contribution in [0.5, 0.6) is 0 Å². The molecule has 1 fully saturated rings. The zero-order valence-corrected chi connectivity index (χ0v) is 11.9. The third-order valence-electron chi connectivity index (χ3n) is 4.15. The summed E-state index contributed by atoms with van der Waals surface area (Å²) in [6, 6.07) is 8.74. The minimum Gasteiger partial charge on any atom is -0.384 e. The number of hydrogen-bond donors (Lipinski definition) is 2. The predicted octanol–water partition coefficient (Wildman–Crippen LogP) is 3.13. The Kier molecular flexibility index (Phi) is 4.97. The number of benzene rings is 1. The maximum absolute atomic E-state index is 7.69. The van der Waals surface area contributed by atoms with Crippen molar-refractivity contribution in [3.63, 3.8) is 0 Å². The van der Waals surface area contributed by atoms with Crippen molar-refractivity contribution in [3.8, 4) is 0 Å². The van der Waals surface area contributed by atoms with E-state index < -0.39 is 0 Å². The molecule has 1 unspecified atom stereocenters. The molecule has 0 saturated carbocycles. The second-order valence-electron chi connectivity index (χ2n) is 5.45. The van der Waals surface area contributed by atoms with Gasteiger partial charge in [-0.05, 0) is 31.4 Å². The van der Waals surface area contributed by atoms with Gasteiger partial charge in [-0.1, -0.05) is 44.0 Å². The van der Waals surface area contributed by atoms with Crippen LogP contribution in [-0.4, -0.2) is 23.3 Å². The molecule has 0 amide bonds. The van der Waals surface area contributed by atoms with Crippen LogP contribution in [-0.2, 0) is 6.54 Å². The molecule has 1 saturated heterocycles.